The SMILES string of the molecule is O=C1CCCC2CC=CC(Cl)=C12. The number of hydrogen-bond donors (Lipinski definition) is 0. The molecule has 0 radical (unpaired) electrons. The first-order valence-electron chi connectivity index (χ1n) is 4.38. The van der Waals surface area contributed by atoms with E-state index in [9.17, 15) is 4.79 Å². The van der Waals surface area contributed by atoms with Gasteiger partial charge in [-0.15, -0.1) is 0 Å². The molecule has 1 fully saturated rings. The summed E-state index contributed by atoms with van der Waals surface area (Å²) in [5.74, 6) is 0.685. The van der Waals surface area contributed by atoms with Crippen molar-refractivity contribution in [2.75, 3.05) is 0 Å². The van der Waals surface area contributed by atoms with Crippen LogP contribution in [-0.2, 0) is 4.79 Å². The quantitative estimate of drug-likeness (QED) is 0.563. The zero-order chi connectivity index (χ0) is 8.55. The van der Waals surface area contributed by atoms with Crippen molar-refractivity contribution >= 4 is 17.4 Å². The van der Waals surface area contributed by atoms with Crippen LogP contribution in [0.15, 0.2) is 22.8 Å². The summed E-state index contributed by atoms with van der Waals surface area (Å²) in [5, 5.41) is 0.677. The Balaban J connectivity index is 2.37. The Morgan fingerprint density at radius 1 is 1.50 bits per heavy atom. The molecule has 1 saturated carbocycles. The van der Waals surface area contributed by atoms with Crippen molar-refractivity contribution in [3.63, 3.8) is 0 Å². The molecular formula is C10H11ClO. The monoisotopic (exact) mass is 182 g/mol. The molecule has 0 N–H and O–H groups in total. The summed E-state index contributed by atoms with van der Waals surface area (Å²) >= 11 is 5.96. The molecule has 0 heterocycles. The molecule has 1 unspecified atom stereocenters. The lowest BCUT2D eigenvalue weighted by atomic mass is 9.79. The second-order valence-electron chi connectivity index (χ2n) is 3.41. The summed E-state index contributed by atoms with van der Waals surface area (Å²) in [5.41, 5.74) is 0.894. The number of allylic oxidation sites excluding steroid dienone is 4. The van der Waals surface area contributed by atoms with Crippen molar-refractivity contribution < 1.29 is 4.79 Å². The van der Waals surface area contributed by atoms with Gasteiger partial charge < -0.3 is 0 Å². The summed E-state index contributed by atoms with van der Waals surface area (Å²) in [7, 11) is 0. The maximum Gasteiger partial charge on any atom is 0.160 e. The lowest BCUT2D eigenvalue weighted by molar-refractivity contribution is -0.117. The van der Waals surface area contributed by atoms with Gasteiger partial charge >= 0.3 is 0 Å². The summed E-state index contributed by atoms with van der Waals surface area (Å²) in [4.78, 5) is 11.5. The van der Waals surface area contributed by atoms with Crippen LogP contribution >= 0.6 is 11.6 Å². The minimum atomic E-state index is 0.264. The van der Waals surface area contributed by atoms with E-state index >= 15 is 0 Å². The first-order chi connectivity index (χ1) is 5.79. The van der Waals surface area contributed by atoms with Gasteiger partial charge in [0.1, 0.15) is 0 Å². The predicted octanol–water partition coefficient (Wildman–Crippen LogP) is 2.81. The molecule has 0 saturated heterocycles. The lowest BCUT2D eigenvalue weighted by Crippen LogP contribution is -2.21. The maximum absolute atomic E-state index is 11.5. The van der Waals surface area contributed by atoms with E-state index in [2.05, 4.69) is 6.08 Å². The molecule has 0 amide bonds. The van der Waals surface area contributed by atoms with Crippen LogP contribution in [-0.4, -0.2) is 5.78 Å². The molecule has 0 aromatic carbocycles. The summed E-state index contributed by atoms with van der Waals surface area (Å²) in [6.45, 7) is 0. The third-order valence-electron chi connectivity index (χ3n) is 2.61. The molecule has 1 nitrogen and oxygen atoms in total. The predicted molar refractivity (Wildman–Crippen MR) is 49.0 cm³/mol. The van der Waals surface area contributed by atoms with E-state index in [1.54, 1.807) is 0 Å². The Morgan fingerprint density at radius 3 is 3.08 bits per heavy atom. The molecule has 64 valence electrons. The molecule has 12 heavy (non-hydrogen) atoms. The number of Topliss-reactive ketones (excluding diaryl/α,β-unsaturated/α-hetero) is 1. The molecular weight excluding hydrogens is 172 g/mol. The molecule has 0 bridgehead atoms. The van der Waals surface area contributed by atoms with Crippen LogP contribution in [0.3, 0.4) is 0 Å². The molecule has 2 rings (SSSR count). The van der Waals surface area contributed by atoms with Gasteiger partial charge in [0, 0.05) is 17.0 Å². The largest absolute Gasteiger partial charge is 0.294 e. The van der Waals surface area contributed by atoms with E-state index in [-0.39, 0.29) is 5.78 Å². The number of rotatable bonds is 0. The average Bonchev–Trinajstić information content (AvgIpc) is 2.04. The fourth-order valence-electron chi connectivity index (χ4n) is 2.01. The highest BCUT2D eigenvalue weighted by molar-refractivity contribution is 6.33. The van der Waals surface area contributed by atoms with Gasteiger partial charge in [-0.25, -0.2) is 0 Å². The van der Waals surface area contributed by atoms with Crippen LogP contribution in [0.1, 0.15) is 25.7 Å². The summed E-state index contributed by atoms with van der Waals surface area (Å²) in [6, 6.07) is 0. The zero-order valence-electron chi connectivity index (χ0n) is 6.85. The molecule has 2 aliphatic carbocycles. The Labute approximate surface area is 77.1 Å². The number of carbonyl (C=O) groups excluding carboxylic acids is 1. The minimum absolute atomic E-state index is 0.264. The van der Waals surface area contributed by atoms with Gasteiger partial charge in [-0.1, -0.05) is 17.7 Å². The second kappa shape index (κ2) is 3.06. The van der Waals surface area contributed by atoms with Crippen molar-refractivity contribution in [2.24, 2.45) is 5.92 Å². The van der Waals surface area contributed by atoms with Gasteiger partial charge in [-0.05, 0) is 31.3 Å². The number of carbonyl (C=O) groups is 1. The number of fused-ring (bicyclic) bond motifs is 1. The van der Waals surface area contributed by atoms with E-state index in [1.807, 2.05) is 6.08 Å². The first kappa shape index (κ1) is 8.06. The van der Waals surface area contributed by atoms with Crippen molar-refractivity contribution in [2.45, 2.75) is 25.7 Å². The highest BCUT2D eigenvalue weighted by atomic mass is 35.5. The van der Waals surface area contributed by atoms with Crippen LogP contribution in [0, 0.1) is 5.92 Å². The van der Waals surface area contributed by atoms with Crippen LogP contribution in [0.4, 0.5) is 0 Å². The third kappa shape index (κ3) is 1.22. The fourth-order valence-corrected chi connectivity index (χ4v) is 2.35. The fraction of sp³-hybridized carbons (Fsp3) is 0.500. The number of halogens is 1. The van der Waals surface area contributed by atoms with Gasteiger partial charge in [-0.3, -0.25) is 4.79 Å². The standard InChI is InChI=1S/C10H11ClO/c11-8-5-1-3-7-4-2-6-9(12)10(7)8/h1,5,7H,2-4,6H2. The zero-order valence-corrected chi connectivity index (χ0v) is 7.60. The van der Waals surface area contributed by atoms with Gasteiger partial charge in [0.2, 0.25) is 0 Å². The highest BCUT2D eigenvalue weighted by Gasteiger charge is 2.28. The van der Waals surface area contributed by atoms with E-state index < -0.39 is 0 Å². The smallest absolute Gasteiger partial charge is 0.160 e. The molecule has 2 aliphatic rings. The molecule has 2 heteroatoms. The van der Waals surface area contributed by atoms with E-state index in [0.717, 1.165) is 24.8 Å². The number of ketones is 1. The van der Waals surface area contributed by atoms with Gasteiger partial charge in [0.25, 0.3) is 0 Å². The van der Waals surface area contributed by atoms with Gasteiger partial charge in [-0.2, -0.15) is 0 Å². The van der Waals surface area contributed by atoms with Gasteiger partial charge in [0.05, 0.1) is 0 Å². The molecule has 0 aromatic rings. The average molecular weight is 183 g/mol. The topological polar surface area (TPSA) is 17.1 Å². The molecule has 0 spiro atoms. The Morgan fingerprint density at radius 2 is 2.33 bits per heavy atom. The Kier molecular flexibility index (Phi) is 2.05. The third-order valence-corrected chi connectivity index (χ3v) is 2.94. The van der Waals surface area contributed by atoms with E-state index in [1.165, 1.54) is 0 Å². The lowest BCUT2D eigenvalue weighted by Gasteiger charge is -2.26. The Hall–Kier alpha value is -0.560. The summed E-state index contributed by atoms with van der Waals surface area (Å²) in [6.07, 6.45) is 7.77. The molecule has 0 aliphatic heterocycles. The minimum Gasteiger partial charge on any atom is -0.294 e. The van der Waals surface area contributed by atoms with Crippen molar-refractivity contribution in [3.8, 4) is 0 Å². The molecule has 1 atom stereocenters. The maximum atomic E-state index is 11.5. The van der Waals surface area contributed by atoms with Crippen molar-refractivity contribution in [1.82, 2.24) is 0 Å². The van der Waals surface area contributed by atoms with Crippen LogP contribution in [0.25, 0.3) is 0 Å². The van der Waals surface area contributed by atoms with E-state index in [0.29, 0.717) is 17.4 Å². The molecule has 0 aromatic heterocycles. The van der Waals surface area contributed by atoms with Gasteiger partial charge in [0.15, 0.2) is 5.78 Å². The van der Waals surface area contributed by atoms with Crippen molar-refractivity contribution in [1.29, 1.82) is 0 Å². The second-order valence-corrected chi connectivity index (χ2v) is 3.82. The van der Waals surface area contributed by atoms with Crippen molar-refractivity contribution in [3.05, 3.63) is 22.8 Å². The number of hydrogen-bond acceptors (Lipinski definition) is 1. The van der Waals surface area contributed by atoms with E-state index in [4.69, 9.17) is 11.6 Å². The highest BCUT2D eigenvalue weighted by Crippen LogP contribution is 2.36. The normalized spacial score (nSPS) is 29.1. The first-order valence-corrected chi connectivity index (χ1v) is 4.76. The Bertz CT molecular complexity index is 276. The van der Waals surface area contributed by atoms with Crippen LogP contribution in [0.5, 0.6) is 0 Å². The summed E-state index contributed by atoms with van der Waals surface area (Å²) < 4.78 is 0. The van der Waals surface area contributed by atoms with Crippen LogP contribution < -0.4 is 0 Å². The van der Waals surface area contributed by atoms with Crippen LogP contribution in [0.2, 0.25) is 0 Å².